The molecule has 0 aromatic rings. The lowest BCUT2D eigenvalue weighted by Gasteiger charge is -2.21. The predicted molar refractivity (Wildman–Crippen MR) is 43.4 cm³/mol. The Bertz CT molecular complexity index is 146. The molecule has 1 saturated heterocycles. The first-order valence-electron chi connectivity index (χ1n) is 4.10. The van der Waals surface area contributed by atoms with Crippen LogP contribution in [0.3, 0.4) is 0 Å². The Balaban J connectivity index is 2.24. The summed E-state index contributed by atoms with van der Waals surface area (Å²) in [5, 5.41) is 0. The molecule has 1 atom stereocenters. The van der Waals surface area contributed by atoms with E-state index in [-0.39, 0.29) is 11.9 Å². The SMILES string of the molecule is C=CC(=O)CC1CCCCO1. The summed E-state index contributed by atoms with van der Waals surface area (Å²) in [5.41, 5.74) is 0. The van der Waals surface area contributed by atoms with Gasteiger partial charge in [-0.3, -0.25) is 4.79 Å². The lowest BCUT2D eigenvalue weighted by molar-refractivity contribution is -0.118. The molecule has 0 saturated carbocycles. The highest BCUT2D eigenvalue weighted by molar-refractivity contribution is 5.89. The molecule has 1 unspecified atom stereocenters. The van der Waals surface area contributed by atoms with E-state index in [1.807, 2.05) is 0 Å². The number of allylic oxidation sites excluding steroid dienone is 1. The summed E-state index contributed by atoms with van der Waals surface area (Å²) in [4.78, 5) is 10.9. The van der Waals surface area contributed by atoms with Crippen molar-refractivity contribution >= 4 is 5.78 Å². The number of carbonyl (C=O) groups is 1. The van der Waals surface area contributed by atoms with Gasteiger partial charge in [-0.25, -0.2) is 0 Å². The summed E-state index contributed by atoms with van der Waals surface area (Å²) in [7, 11) is 0. The Hall–Kier alpha value is -0.630. The Morgan fingerprint density at radius 1 is 1.64 bits per heavy atom. The number of hydrogen-bond acceptors (Lipinski definition) is 2. The molecule has 11 heavy (non-hydrogen) atoms. The molecule has 2 nitrogen and oxygen atoms in total. The Morgan fingerprint density at radius 2 is 2.45 bits per heavy atom. The van der Waals surface area contributed by atoms with Gasteiger partial charge in [0.25, 0.3) is 0 Å². The first-order valence-corrected chi connectivity index (χ1v) is 4.10. The Labute approximate surface area is 67.2 Å². The van der Waals surface area contributed by atoms with E-state index in [0.29, 0.717) is 6.42 Å². The smallest absolute Gasteiger partial charge is 0.157 e. The maximum atomic E-state index is 10.9. The van der Waals surface area contributed by atoms with Crippen LogP contribution in [0.1, 0.15) is 25.7 Å². The van der Waals surface area contributed by atoms with E-state index >= 15 is 0 Å². The first-order chi connectivity index (χ1) is 5.33. The number of ether oxygens (including phenoxy) is 1. The van der Waals surface area contributed by atoms with Crippen molar-refractivity contribution in [3.8, 4) is 0 Å². The molecular formula is C9H14O2. The molecule has 0 spiro atoms. The molecule has 62 valence electrons. The van der Waals surface area contributed by atoms with Crippen LogP contribution in [0.15, 0.2) is 12.7 Å². The van der Waals surface area contributed by atoms with Gasteiger partial charge in [0.2, 0.25) is 0 Å². The van der Waals surface area contributed by atoms with Crippen molar-refractivity contribution < 1.29 is 9.53 Å². The van der Waals surface area contributed by atoms with Crippen molar-refractivity contribution in [1.29, 1.82) is 0 Å². The summed E-state index contributed by atoms with van der Waals surface area (Å²) in [5.74, 6) is 0.0944. The second-order valence-corrected chi connectivity index (χ2v) is 2.86. The normalized spacial score (nSPS) is 24.5. The molecule has 1 fully saturated rings. The van der Waals surface area contributed by atoms with Crippen molar-refractivity contribution in [2.75, 3.05) is 6.61 Å². The minimum absolute atomic E-state index is 0.0944. The molecule has 0 aromatic heterocycles. The van der Waals surface area contributed by atoms with Crippen LogP contribution in [0.25, 0.3) is 0 Å². The predicted octanol–water partition coefficient (Wildman–Crippen LogP) is 1.70. The highest BCUT2D eigenvalue weighted by Crippen LogP contribution is 2.15. The van der Waals surface area contributed by atoms with Crippen LogP contribution < -0.4 is 0 Å². The molecule has 1 rings (SSSR count). The van der Waals surface area contributed by atoms with Crippen molar-refractivity contribution in [3.63, 3.8) is 0 Å². The van der Waals surface area contributed by atoms with Gasteiger partial charge in [-0.15, -0.1) is 0 Å². The third-order valence-electron chi connectivity index (χ3n) is 1.93. The van der Waals surface area contributed by atoms with Crippen molar-refractivity contribution in [2.45, 2.75) is 31.8 Å². The number of rotatable bonds is 3. The van der Waals surface area contributed by atoms with Crippen LogP contribution in [-0.4, -0.2) is 18.5 Å². The number of ketones is 1. The Kier molecular flexibility index (Phi) is 3.30. The zero-order valence-electron chi connectivity index (χ0n) is 6.71. The molecule has 2 heteroatoms. The Morgan fingerprint density at radius 3 is 3.00 bits per heavy atom. The lowest BCUT2D eigenvalue weighted by atomic mass is 10.0. The van der Waals surface area contributed by atoms with Gasteiger partial charge in [-0.2, -0.15) is 0 Å². The van der Waals surface area contributed by atoms with Crippen molar-refractivity contribution in [1.82, 2.24) is 0 Å². The number of hydrogen-bond donors (Lipinski definition) is 0. The molecule has 1 aliphatic heterocycles. The van der Waals surface area contributed by atoms with Crippen LogP contribution in [0.4, 0.5) is 0 Å². The maximum Gasteiger partial charge on any atom is 0.157 e. The largest absolute Gasteiger partial charge is 0.378 e. The highest BCUT2D eigenvalue weighted by Gasteiger charge is 2.15. The second kappa shape index (κ2) is 4.29. The molecule has 1 heterocycles. The van der Waals surface area contributed by atoms with Crippen LogP contribution >= 0.6 is 0 Å². The van der Waals surface area contributed by atoms with E-state index in [9.17, 15) is 4.79 Å². The standard InChI is InChI=1S/C9H14O2/c1-2-8(10)7-9-5-3-4-6-11-9/h2,9H,1,3-7H2. The third kappa shape index (κ3) is 2.85. The summed E-state index contributed by atoms with van der Waals surface area (Å²) < 4.78 is 5.38. The number of carbonyl (C=O) groups excluding carboxylic acids is 1. The van der Waals surface area contributed by atoms with E-state index in [1.54, 1.807) is 0 Å². The van der Waals surface area contributed by atoms with E-state index in [1.165, 1.54) is 12.5 Å². The average Bonchev–Trinajstić information content (AvgIpc) is 2.06. The highest BCUT2D eigenvalue weighted by atomic mass is 16.5. The van der Waals surface area contributed by atoms with E-state index in [2.05, 4.69) is 6.58 Å². The molecule has 0 N–H and O–H groups in total. The van der Waals surface area contributed by atoms with E-state index < -0.39 is 0 Å². The fourth-order valence-corrected chi connectivity index (χ4v) is 1.28. The van der Waals surface area contributed by atoms with E-state index in [4.69, 9.17) is 4.74 Å². The average molecular weight is 154 g/mol. The monoisotopic (exact) mass is 154 g/mol. The maximum absolute atomic E-state index is 10.9. The van der Waals surface area contributed by atoms with Gasteiger partial charge >= 0.3 is 0 Å². The van der Waals surface area contributed by atoms with Crippen LogP contribution in [0.2, 0.25) is 0 Å². The fraction of sp³-hybridized carbons (Fsp3) is 0.667. The molecule has 0 bridgehead atoms. The van der Waals surface area contributed by atoms with Gasteiger partial charge in [-0.05, 0) is 25.3 Å². The second-order valence-electron chi connectivity index (χ2n) is 2.86. The zero-order chi connectivity index (χ0) is 8.10. The minimum atomic E-state index is 0.0944. The third-order valence-corrected chi connectivity index (χ3v) is 1.93. The molecule has 0 aromatic carbocycles. The summed E-state index contributed by atoms with van der Waals surface area (Å²) in [6.07, 6.45) is 5.41. The molecule has 1 aliphatic rings. The molecule has 0 amide bonds. The molecule has 0 aliphatic carbocycles. The molecule has 0 radical (unpaired) electrons. The van der Waals surface area contributed by atoms with Crippen molar-refractivity contribution in [2.24, 2.45) is 0 Å². The summed E-state index contributed by atoms with van der Waals surface area (Å²) >= 11 is 0. The van der Waals surface area contributed by atoms with Gasteiger partial charge in [0, 0.05) is 13.0 Å². The molecular weight excluding hydrogens is 140 g/mol. The lowest BCUT2D eigenvalue weighted by Crippen LogP contribution is -2.21. The van der Waals surface area contributed by atoms with Gasteiger partial charge in [0.1, 0.15) is 0 Å². The van der Waals surface area contributed by atoms with Crippen LogP contribution in [0, 0.1) is 0 Å². The minimum Gasteiger partial charge on any atom is -0.378 e. The summed E-state index contributed by atoms with van der Waals surface area (Å²) in [6, 6.07) is 0. The fourth-order valence-electron chi connectivity index (χ4n) is 1.28. The van der Waals surface area contributed by atoms with E-state index in [0.717, 1.165) is 19.4 Å². The van der Waals surface area contributed by atoms with Crippen LogP contribution in [0.5, 0.6) is 0 Å². The van der Waals surface area contributed by atoms with Gasteiger partial charge in [0.15, 0.2) is 5.78 Å². The van der Waals surface area contributed by atoms with Gasteiger partial charge < -0.3 is 4.74 Å². The first kappa shape index (κ1) is 8.47. The summed E-state index contributed by atoms with van der Waals surface area (Å²) in [6.45, 7) is 4.24. The quantitative estimate of drug-likeness (QED) is 0.578. The van der Waals surface area contributed by atoms with Gasteiger partial charge in [-0.1, -0.05) is 6.58 Å². The van der Waals surface area contributed by atoms with Crippen molar-refractivity contribution in [3.05, 3.63) is 12.7 Å². The topological polar surface area (TPSA) is 26.3 Å². The zero-order valence-corrected chi connectivity index (χ0v) is 6.71. The van der Waals surface area contributed by atoms with Gasteiger partial charge in [0.05, 0.1) is 6.10 Å². The van der Waals surface area contributed by atoms with Crippen LogP contribution in [-0.2, 0) is 9.53 Å².